The van der Waals surface area contributed by atoms with Gasteiger partial charge in [0.25, 0.3) is 0 Å². The third-order valence-corrected chi connectivity index (χ3v) is 6.53. The molecule has 3 aromatic rings. The molecule has 0 amide bonds. The molecule has 0 aliphatic carbocycles. The second-order valence-corrected chi connectivity index (χ2v) is 10.3. The van der Waals surface area contributed by atoms with Crippen LogP contribution in [0.25, 0.3) is 11.2 Å². The van der Waals surface area contributed by atoms with E-state index in [9.17, 15) is 9.36 Å². The molecule has 1 unspecified atom stereocenters. The summed E-state index contributed by atoms with van der Waals surface area (Å²) in [6.07, 6.45) is 1.81. The Balaban J connectivity index is 1.67. The molecule has 1 aromatic carbocycles. The van der Waals surface area contributed by atoms with Crippen LogP contribution in [-0.2, 0) is 25.4 Å². The van der Waals surface area contributed by atoms with Crippen LogP contribution in [0.5, 0.6) is 11.6 Å². The van der Waals surface area contributed by atoms with E-state index in [1.165, 1.54) is 0 Å². The zero-order valence-electron chi connectivity index (χ0n) is 20.9. The number of nitrogen functional groups attached to an aromatic ring is 1. The number of ether oxygens (including phenoxy) is 3. The van der Waals surface area contributed by atoms with Crippen LogP contribution in [0.4, 0.5) is 5.95 Å². The van der Waals surface area contributed by atoms with E-state index in [1.54, 1.807) is 55.9 Å². The normalized spacial score (nSPS) is 13.9. The number of fused-ring (bicyclic) bond motifs is 1. The van der Waals surface area contributed by atoms with Gasteiger partial charge in [-0.2, -0.15) is 9.97 Å². The fourth-order valence-electron chi connectivity index (χ4n) is 3.17. The van der Waals surface area contributed by atoms with Gasteiger partial charge in [0.15, 0.2) is 11.2 Å². The molecule has 2 atom stereocenters. The molecule has 2 aromatic heterocycles. The largest absolute Gasteiger partial charge is 0.476 e. The number of nitrogens with one attached hydrogen (secondary N) is 1. The van der Waals surface area contributed by atoms with Gasteiger partial charge in [0, 0.05) is 6.54 Å². The second kappa shape index (κ2) is 12.7. The predicted molar refractivity (Wildman–Crippen MR) is 135 cm³/mol. The van der Waals surface area contributed by atoms with Crippen LogP contribution >= 0.6 is 7.52 Å². The molecule has 13 heteroatoms. The van der Waals surface area contributed by atoms with Crippen molar-refractivity contribution in [2.24, 2.45) is 0 Å². The fraction of sp³-hybridized carbons (Fsp3) is 0.478. The summed E-state index contributed by atoms with van der Waals surface area (Å²) in [6, 6.07) is 7.80. The first-order valence-corrected chi connectivity index (χ1v) is 13.5. The highest BCUT2D eigenvalue weighted by molar-refractivity contribution is 7.57. The standard InChI is InChI=1S/C23H33N6O6P/c1-5-12-33-21-19-20(26-23(24)27-21)29(14-25-19)11-13-32-15-36(31,35-18-9-7-6-8-10-18)28-17(4)22(30)34-16(2)3/h6-10,14,16-17H,5,11-13,15H2,1-4H3,(H,28,31)(H2,24,26,27)/t17-,36?/m0/s1. The second-order valence-electron chi connectivity index (χ2n) is 8.30. The van der Waals surface area contributed by atoms with E-state index in [-0.39, 0.29) is 25.0 Å². The number of para-hydroxylation sites is 1. The maximum absolute atomic E-state index is 13.6. The highest BCUT2D eigenvalue weighted by Gasteiger charge is 2.31. The van der Waals surface area contributed by atoms with Crippen molar-refractivity contribution in [3.05, 3.63) is 36.7 Å². The minimum atomic E-state index is -3.64. The molecule has 0 spiro atoms. The minimum Gasteiger partial charge on any atom is -0.476 e. The third-order valence-electron chi connectivity index (χ3n) is 4.72. The van der Waals surface area contributed by atoms with Gasteiger partial charge in [0.05, 0.1) is 25.6 Å². The first kappa shape index (κ1) is 27.4. The lowest BCUT2D eigenvalue weighted by atomic mass is 10.3. The lowest BCUT2D eigenvalue weighted by Gasteiger charge is -2.24. The van der Waals surface area contributed by atoms with Gasteiger partial charge < -0.3 is 29.0 Å². The maximum Gasteiger partial charge on any atom is 0.342 e. The van der Waals surface area contributed by atoms with Crippen LogP contribution in [0, 0.1) is 0 Å². The van der Waals surface area contributed by atoms with Gasteiger partial charge in [-0.15, -0.1) is 0 Å². The van der Waals surface area contributed by atoms with Crippen molar-refractivity contribution in [1.29, 1.82) is 0 Å². The Morgan fingerprint density at radius 2 is 1.92 bits per heavy atom. The zero-order valence-corrected chi connectivity index (χ0v) is 21.8. The van der Waals surface area contributed by atoms with E-state index >= 15 is 0 Å². The van der Waals surface area contributed by atoms with Crippen LogP contribution in [0.15, 0.2) is 36.7 Å². The average Bonchev–Trinajstić information content (AvgIpc) is 3.23. The van der Waals surface area contributed by atoms with Crippen molar-refractivity contribution < 1.29 is 28.1 Å². The minimum absolute atomic E-state index is 0.0727. The van der Waals surface area contributed by atoms with Crippen LogP contribution in [-0.4, -0.2) is 57.2 Å². The van der Waals surface area contributed by atoms with Crippen LogP contribution in [0.1, 0.15) is 34.1 Å². The number of carbonyl (C=O) groups is 1. The van der Waals surface area contributed by atoms with Gasteiger partial charge in [-0.3, -0.25) is 9.36 Å². The smallest absolute Gasteiger partial charge is 0.342 e. The summed E-state index contributed by atoms with van der Waals surface area (Å²) >= 11 is 0. The fourth-order valence-corrected chi connectivity index (χ4v) is 4.88. The Morgan fingerprint density at radius 1 is 1.17 bits per heavy atom. The summed E-state index contributed by atoms with van der Waals surface area (Å²) < 4.78 is 37.7. The van der Waals surface area contributed by atoms with E-state index in [0.717, 1.165) is 6.42 Å². The summed E-state index contributed by atoms with van der Waals surface area (Å²) in [6.45, 7) is 8.02. The number of imidazole rings is 1. The number of hydrogen-bond acceptors (Lipinski definition) is 10. The van der Waals surface area contributed by atoms with Crippen LogP contribution in [0.3, 0.4) is 0 Å². The Kier molecular flexibility index (Phi) is 9.63. The first-order valence-electron chi connectivity index (χ1n) is 11.7. The van der Waals surface area contributed by atoms with Crippen molar-refractivity contribution in [3.63, 3.8) is 0 Å². The summed E-state index contributed by atoms with van der Waals surface area (Å²) in [5.74, 6) is 0.244. The van der Waals surface area contributed by atoms with Crippen molar-refractivity contribution >= 4 is 30.6 Å². The third kappa shape index (κ3) is 7.64. The average molecular weight is 521 g/mol. The van der Waals surface area contributed by atoms with E-state index in [2.05, 4.69) is 20.0 Å². The van der Waals surface area contributed by atoms with Crippen molar-refractivity contribution in [1.82, 2.24) is 24.6 Å². The topological polar surface area (TPSA) is 153 Å². The lowest BCUT2D eigenvalue weighted by Crippen LogP contribution is -2.36. The molecule has 0 radical (unpaired) electrons. The van der Waals surface area contributed by atoms with Gasteiger partial charge in [-0.1, -0.05) is 25.1 Å². The Labute approximate surface area is 210 Å². The summed E-state index contributed by atoms with van der Waals surface area (Å²) in [4.78, 5) is 25.0. The van der Waals surface area contributed by atoms with Crippen LogP contribution in [0.2, 0.25) is 0 Å². The number of anilines is 1. The molecule has 0 bridgehead atoms. The number of nitrogens with zero attached hydrogens (tertiary/aromatic N) is 4. The molecule has 0 saturated heterocycles. The summed E-state index contributed by atoms with van der Waals surface area (Å²) in [7, 11) is -3.64. The number of rotatable bonds is 14. The molecular formula is C23H33N6O6P. The molecule has 3 N–H and O–H groups in total. The van der Waals surface area contributed by atoms with Gasteiger partial charge in [0.1, 0.15) is 18.1 Å². The molecule has 0 fully saturated rings. The molecule has 2 heterocycles. The number of nitrogens with two attached hydrogens (primary N) is 1. The van der Waals surface area contributed by atoms with E-state index in [0.29, 0.717) is 35.9 Å². The number of carbonyl (C=O) groups excluding carboxylic acids is 1. The van der Waals surface area contributed by atoms with Crippen molar-refractivity contribution in [2.75, 3.05) is 25.3 Å². The van der Waals surface area contributed by atoms with Gasteiger partial charge >= 0.3 is 13.5 Å². The number of benzene rings is 1. The number of aromatic nitrogens is 4. The van der Waals surface area contributed by atoms with Gasteiger partial charge in [0.2, 0.25) is 11.8 Å². The molecule has 3 rings (SSSR count). The molecule has 36 heavy (non-hydrogen) atoms. The van der Waals surface area contributed by atoms with E-state index in [1.807, 2.05) is 13.0 Å². The Hall–Kier alpha value is -3.21. The predicted octanol–water partition coefficient (Wildman–Crippen LogP) is 3.37. The summed E-state index contributed by atoms with van der Waals surface area (Å²) in [5, 5.41) is 2.77. The first-order chi connectivity index (χ1) is 17.2. The number of esters is 1. The molecule has 0 aliphatic heterocycles. The van der Waals surface area contributed by atoms with Gasteiger partial charge in [-0.25, -0.2) is 10.1 Å². The number of hydrogen-bond donors (Lipinski definition) is 2. The molecule has 0 aliphatic rings. The highest BCUT2D eigenvalue weighted by Crippen LogP contribution is 2.43. The quantitative estimate of drug-likeness (QED) is 0.183. The Bertz CT molecular complexity index is 1190. The van der Waals surface area contributed by atoms with E-state index < -0.39 is 19.5 Å². The molecule has 12 nitrogen and oxygen atoms in total. The van der Waals surface area contributed by atoms with Gasteiger partial charge in [-0.05, 0) is 39.3 Å². The van der Waals surface area contributed by atoms with Crippen molar-refractivity contribution in [2.45, 2.75) is 52.8 Å². The molecule has 196 valence electrons. The lowest BCUT2D eigenvalue weighted by molar-refractivity contribution is -0.149. The monoisotopic (exact) mass is 520 g/mol. The zero-order chi connectivity index (χ0) is 26.1. The van der Waals surface area contributed by atoms with Crippen LogP contribution < -0.4 is 20.1 Å². The van der Waals surface area contributed by atoms with E-state index in [4.69, 9.17) is 24.5 Å². The van der Waals surface area contributed by atoms with Crippen molar-refractivity contribution in [3.8, 4) is 11.6 Å². The SMILES string of the molecule is CCCOc1nc(N)nc2c1ncn2CCOCP(=O)(N[C@@H](C)C(=O)OC(C)C)Oc1ccccc1. The summed E-state index contributed by atoms with van der Waals surface area (Å²) in [5.41, 5.74) is 6.84. The Morgan fingerprint density at radius 3 is 2.61 bits per heavy atom. The molecular weight excluding hydrogens is 487 g/mol. The highest BCUT2D eigenvalue weighted by atomic mass is 31.2. The molecule has 0 saturated carbocycles. The maximum atomic E-state index is 13.6.